The number of rotatable bonds is 4. The molecule has 0 bridgehead atoms. The zero-order valence-electron chi connectivity index (χ0n) is 19.5. The van der Waals surface area contributed by atoms with E-state index in [1.807, 2.05) is 18.3 Å². The minimum atomic E-state index is -0.270. The summed E-state index contributed by atoms with van der Waals surface area (Å²) >= 11 is 0. The molecular formula is C29H26F2N4. The molecule has 0 spiro atoms. The molecule has 0 aliphatic heterocycles. The average Bonchev–Trinajstić information content (AvgIpc) is 3.31. The van der Waals surface area contributed by atoms with Gasteiger partial charge in [-0.3, -0.25) is 9.97 Å². The van der Waals surface area contributed by atoms with Crippen LogP contribution in [0, 0.1) is 17.6 Å². The van der Waals surface area contributed by atoms with Crippen LogP contribution in [0.5, 0.6) is 0 Å². The van der Waals surface area contributed by atoms with Gasteiger partial charge in [-0.15, -0.1) is 0 Å². The number of aromatic nitrogens is 4. The Morgan fingerprint density at radius 2 is 1.69 bits per heavy atom. The number of halogens is 2. The van der Waals surface area contributed by atoms with Gasteiger partial charge in [0.1, 0.15) is 17.5 Å². The number of hydrogen-bond donors (Lipinski definition) is 1. The van der Waals surface area contributed by atoms with Gasteiger partial charge in [-0.1, -0.05) is 6.92 Å². The van der Waals surface area contributed by atoms with Crippen molar-refractivity contribution in [2.45, 2.75) is 44.4 Å². The Kier molecular flexibility index (Phi) is 5.51. The Balaban J connectivity index is 1.21. The number of hydrogen-bond acceptors (Lipinski definition) is 3. The van der Waals surface area contributed by atoms with Crippen LogP contribution >= 0.6 is 0 Å². The molecule has 35 heavy (non-hydrogen) atoms. The quantitative estimate of drug-likeness (QED) is 0.297. The van der Waals surface area contributed by atoms with Crippen molar-refractivity contribution in [1.82, 2.24) is 19.9 Å². The molecule has 1 aliphatic rings. The van der Waals surface area contributed by atoms with Crippen LogP contribution in [0.1, 0.15) is 55.8 Å². The second-order valence-corrected chi connectivity index (χ2v) is 9.67. The van der Waals surface area contributed by atoms with Gasteiger partial charge in [0.15, 0.2) is 0 Å². The van der Waals surface area contributed by atoms with Crippen LogP contribution in [0.25, 0.3) is 33.1 Å². The van der Waals surface area contributed by atoms with Crippen molar-refractivity contribution in [2.75, 3.05) is 0 Å². The van der Waals surface area contributed by atoms with Crippen LogP contribution in [0.15, 0.2) is 67.1 Å². The highest BCUT2D eigenvalue weighted by atomic mass is 19.1. The van der Waals surface area contributed by atoms with Crippen molar-refractivity contribution in [3.63, 3.8) is 0 Å². The SMILES string of the molecule is C[C@@H](c1nc2cc(-c3ccncc3)c(F)cc2[nH]1)C1CCC(c2ccnc3ccc(F)cc23)CC1. The summed E-state index contributed by atoms with van der Waals surface area (Å²) in [5.41, 5.74) is 4.87. The zero-order chi connectivity index (χ0) is 23.9. The van der Waals surface area contributed by atoms with Crippen molar-refractivity contribution in [3.05, 3.63) is 90.1 Å². The number of nitrogens with zero attached hydrogens (tertiary/aromatic N) is 3. The van der Waals surface area contributed by atoms with Crippen molar-refractivity contribution < 1.29 is 8.78 Å². The summed E-state index contributed by atoms with van der Waals surface area (Å²) in [5, 5.41) is 0.924. The van der Waals surface area contributed by atoms with Crippen molar-refractivity contribution in [3.8, 4) is 11.1 Å². The highest BCUT2D eigenvalue weighted by Gasteiger charge is 2.29. The second kappa shape index (κ2) is 8.84. The van der Waals surface area contributed by atoms with Crippen molar-refractivity contribution in [2.24, 2.45) is 5.92 Å². The maximum absolute atomic E-state index is 14.8. The standard InChI is InChI=1S/C29H26F2N4/c1-17(29-34-27-15-23(20-8-11-32-12-9-20)25(31)16-28(27)35-29)18-2-4-19(5-3-18)22-10-13-33-26-7-6-21(30)14-24(22)26/h6-19H,2-5H2,1H3,(H,34,35)/t17-,18?,19?/m1/s1. The molecule has 1 aliphatic carbocycles. The summed E-state index contributed by atoms with van der Waals surface area (Å²) in [4.78, 5) is 16.7. The minimum Gasteiger partial charge on any atom is -0.342 e. The van der Waals surface area contributed by atoms with Gasteiger partial charge in [-0.25, -0.2) is 13.8 Å². The Labute approximate surface area is 202 Å². The molecule has 3 aromatic heterocycles. The molecule has 4 nitrogen and oxygen atoms in total. The lowest BCUT2D eigenvalue weighted by molar-refractivity contribution is 0.286. The average molecular weight is 469 g/mol. The Hall–Kier alpha value is -3.67. The highest BCUT2D eigenvalue weighted by Crippen LogP contribution is 2.43. The van der Waals surface area contributed by atoms with Gasteiger partial charge in [-0.05, 0) is 91.1 Å². The van der Waals surface area contributed by atoms with Crippen LogP contribution in [-0.2, 0) is 0 Å². The fourth-order valence-corrected chi connectivity index (χ4v) is 5.67. The van der Waals surface area contributed by atoms with E-state index in [4.69, 9.17) is 4.98 Å². The van der Waals surface area contributed by atoms with E-state index in [0.29, 0.717) is 17.4 Å². The summed E-state index contributed by atoms with van der Waals surface area (Å²) < 4.78 is 28.7. The zero-order valence-corrected chi connectivity index (χ0v) is 19.5. The molecule has 1 N–H and O–H groups in total. The molecular weight excluding hydrogens is 442 g/mol. The number of H-pyrrole nitrogens is 1. The molecule has 2 aromatic carbocycles. The number of imidazole rings is 1. The minimum absolute atomic E-state index is 0.220. The van der Waals surface area contributed by atoms with Crippen molar-refractivity contribution in [1.29, 1.82) is 0 Å². The van der Waals surface area contributed by atoms with Gasteiger partial charge < -0.3 is 4.98 Å². The number of pyridine rings is 2. The molecule has 0 unspecified atom stereocenters. The van der Waals surface area contributed by atoms with Gasteiger partial charge >= 0.3 is 0 Å². The van der Waals surface area contributed by atoms with Gasteiger partial charge in [-0.2, -0.15) is 0 Å². The predicted molar refractivity (Wildman–Crippen MR) is 134 cm³/mol. The Bertz CT molecular complexity index is 1500. The van der Waals surface area contributed by atoms with Crippen LogP contribution < -0.4 is 0 Å². The molecule has 176 valence electrons. The van der Waals surface area contributed by atoms with Gasteiger partial charge in [0.05, 0.1) is 16.6 Å². The van der Waals surface area contributed by atoms with E-state index in [1.54, 1.807) is 42.7 Å². The van der Waals surface area contributed by atoms with E-state index >= 15 is 0 Å². The molecule has 5 aromatic rings. The van der Waals surface area contributed by atoms with Gasteiger partial charge in [0.25, 0.3) is 0 Å². The molecule has 6 rings (SSSR count). The number of aromatic amines is 1. The lowest BCUT2D eigenvalue weighted by Crippen LogP contribution is -2.19. The fourth-order valence-electron chi connectivity index (χ4n) is 5.67. The van der Waals surface area contributed by atoms with E-state index in [0.717, 1.165) is 59.0 Å². The van der Waals surface area contributed by atoms with E-state index < -0.39 is 0 Å². The molecule has 1 fully saturated rings. The Morgan fingerprint density at radius 1 is 0.886 bits per heavy atom. The third-order valence-corrected chi connectivity index (χ3v) is 7.67. The first-order valence-corrected chi connectivity index (χ1v) is 12.2. The summed E-state index contributed by atoms with van der Waals surface area (Å²) in [6.07, 6.45) is 9.39. The highest BCUT2D eigenvalue weighted by molar-refractivity contribution is 5.83. The van der Waals surface area contributed by atoms with E-state index in [1.165, 1.54) is 11.6 Å². The third kappa shape index (κ3) is 4.07. The predicted octanol–water partition coefficient (Wildman–Crippen LogP) is 7.53. The van der Waals surface area contributed by atoms with Crippen LogP contribution in [0.2, 0.25) is 0 Å². The molecule has 1 saturated carbocycles. The Morgan fingerprint density at radius 3 is 2.49 bits per heavy atom. The molecule has 0 saturated heterocycles. The summed E-state index contributed by atoms with van der Waals surface area (Å²) in [6.45, 7) is 2.21. The molecule has 0 radical (unpaired) electrons. The van der Waals surface area contributed by atoms with Gasteiger partial charge in [0.2, 0.25) is 0 Å². The molecule has 3 heterocycles. The monoisotopic (exact) mass is 468 g/mol. The second-order valence-electron chi connectivity index (χ2n) is 9.67. The van der Waals surface area contributed by atoms with Crippen LogP contribution in [0.4, 0.5) is 8.78 Å². The first-order valence-electron chi connectivity index (χ1n) is 12.2. The number of nitrogens with one attached hydrogen (secondary N) is 1. The van der Waals surface area contributed by atoms with E-state index in [9.17, 15) is 8.78 Å². The smallest absolute Gasteiger partial charge is 0.133 e. The normalized spacial score (nSPS) is 19.3. The number of fused-ring (bicyclic) bond motifs is 2. The van der Waals surface area contributed by atoms with Crippen LogP contribution in [0.3, 0.4) is 0 Å². The van der Waals surface area contributed by atoms with E-state index in [-0.39, 0.29) is 17.6 Å². The first-order chi connectivity index (χ1) is 17.1. The van der Waals surface area contributed by atoms with E-state index in [2.05, 4.69) is 21.9 Å². The molecule has 6 heteroatoms. The lowest BCUT2D eigenvalue weighted by atomic mass is 9.73. The molecule has 0 amide bonds. The summed E-state index contributed by atoms with van der Waals surface area (Å²) in [6, 6.07) is 13.8. The fraction of sp³-hybridized carbons (Fsp3) is 0.276. The maximum atomic E-state index is 14.8. The van der Waals surface area contributed by atoms with Crippen LogP contribution in [-0.4, -0.2) is 19.9 Å². The maximum Gasteiger partial charge on any atom is 0.133 e. The number of benzene rings is 2. The largest absolute Gasteiger partial charge is 0.342 e. The first kappa shape index (κ1) is 21.8. The molecule has 1 atom stereocenters. The topological polar surface area (TPSA) is 54.5 Å². The summed E-state index contributed by atoms with van der Waals surface area (Å²) in [5.74, 6) is 1.55. The van der Waals surface area contributed by atoms with Crippen molar-refractivity contribution >= 4 is 21.9 Å². The summed E-state index contributed by atoms with van der Waals surface area (Å²) in [7, 11) is 0. The third-order valence-electron chi connectivity index (χ3n) is 7.67. The van der Waals surface area contributed by atoms with Gasteiger partial charge in [0, 0.05) is 41.5 Å². The lowest BCUT2D eigenvalue weighted by Gasteiger charge is -2.32.